The van der Waals surface area contributed by atoms with Gasteiger partial charge in [0, 0.05) is 36.9 Å². The number of nitrogens with zero attached hydrogens (tertiary/aromatic N) is 4. The minimum atomic E-state index is -5.16. The second kappa shape index (κ2) is 11.8. The van der Waals surface area contributed by atoms with Gasteiger partial charge in [0.1, 0.15) is 7.60 Å². The first-order valence-corrected chi connectivity index (χ1v) is 13.9. The maximum Gasteiger partial charge on any atom is 0.277 e. The molecule has 0 saturated heterocycles. The predicted molar refractivity (Wildman–Crippen MR) is 126 cm³/mol. The third-order valence-corrected chi connectivity index (χ3v) is 6.01. The summed E-state index contributed by atoms with van der Waals surface area (Å²) in [6.45, 7) is 0.347. The van der Waals surface area contributed by atoms with E-state index >= 15 is 0 Å². The molecule has 36 heavy (non-hydrogen) atoms. The molecule has 0 aromatic heterocycles. The van der Waals surface area contributed by atoms with Gasteiger partial charge in [-0.05, 0) is 36.4 Å². The molecule has 0 radical (unpaired) electrons. The van der Waals surface area contributed by atoms with Crippen molar-refractivity contribution in [3.8, 4) is 0 Å². The molecule has 1 atom stereocenters. The zero-order valence-corrected chi connectivity index (χ0v) is 20.7. The van der Waals surface area contributed by atoms with E-state index in [-0.39, 0.29) is 25.4 Å². The number of hydrogen-bond acceptors (Lipinski definition) is 12. The number of fused-ring (bicyclic) bond motifs is 1. The third-order valence-electron chi connectivity index (χ3n) is 4.86. The third kappa shape index (κ3) is 8.28. The minimum Gasteiger partial charge on any atom is -0.790 e. The summed E-state index contributed by atoms with van der Waals surface area (Å²) in [6.07, 6.45) is 0. The highest BCUT2D eigenvalue weighted by molar-refractivity contribution is 7.50. The fourth-order valence-electron chi connectivity index (χ4n) is 3.31. The van der Waals surface area contributed by atoms with Crippen LogP contribution in [-0.4, -0.2) is 37.9 Å². The largest absolute Gasteiger partial charge is 0.790 e. The number of anilines is 1. The zero-order valence-electron chi connectivity index (χ0n) is 19.0. The van der Waals surface area contributed by atoms with Gasteiger partial charge in [0.2, 0.25) is 0 Å². The van der Waals surface area contributed by atoms with E-state index in [1.165, 1.54) is 12.1 Å². The average Bonchev–Trinajstić information content (AvgIpc) is 2.80. The highest BCUT2D eigenvalue weighted by atomic mass is 31.2. The summed E-state index contributed by atoms with van der Waals surface area (Å²) >= 11 is 0. The van der Waals surface area contributed by atoms with E-state index in [4.69, 9.17) is 4.52 Å². The van der Waals surface area contributed by atoms with Gasteiger partial charge in [-0.2, -0.15) is 5.11 Å². The summed E-state index contributed by atoms with van der Waals surface area (Å²) < 4.78 is 31.0. The van der Waals surface area contributed by atoms with E-state index in [9.17, 15) is 33.9 Å². The van der Waals surface area contributed by atoms with Crippen LogP contribution in [0.25, 0.3) is 10.8 Å². The van der Waals surface area contributed by atoms with Crippen molar-refractivity contribution in [1.29, 1.82) is 0 Å². The Bertz CT molecular complexity index is 1310. The summed E-state index contributed by atoms with van der Waals surface area (Å²) in [4.78, 5) is 45.1. The molecular formula is C21H21N4O9P2-3. The van der Waals surface area contributed by atoms with Gasteiger partial charge in [0.25, 0.3) is 5.69 Å². The van der Waals surface area contributed by atoms with E-state index in [0.717, 1.165) is 6.66 Å². The Morgan fingerprint density at radius 1 is 0.861 bits per heavy atom. The first-order chi connectivity index (χ1) is 16.9. The summed E-state index contributed by atoms with van der Waals surface area (Å²) in [6, 6.07) is 16.2. The van der Waals surface area contributed by atoms with Gasteiger partial charge in [0.05, 0.1) is 42.7 Å². The molecule has 3 rings (SSSR count). The maximum atomic E-state index is 11.3. The summed E-state index contributed by atoms with van der Waals surface area (Å²) in [5.74, 6) is 0. The molecule has 0 saturated carbocycles. The predicted octanol–water partition coefficient (Wildman–Crippen LogP) is 3.01. The van der Waals surface area contributed by atoms with Crippen LogP contribution in [0.4, 0.5) is 22.7 Å². The van der Waals surface area contributed by atoms with Crippen LogP contribution < -0.4 is 19.6 Å². The zero-order chi connectivity index (χ0) is 26.3. The van der Waals surface area contributed by atoms with Gasteiger partial charge in [-0.25, -0.2) is 0 Å². The Kier molecular flexibility index (Phi) is 9.04. The van der Waals surface area contributed by atoms with Gasteiger partial charge in [-0.3, -0.25) is 10.1 Å². The number of benzene rings is 3. The van der Waals surface area contributed by atoms with Crippen LogP contribution in [0.5, 0.6) is 0 Å². The van der Waals surface area contributed by atoms with Crippen molar-refractivity contribution in [3.05, 3.63) is 70.8 Å². The summed E-state index contributed by atoms with van der Waals surface area (Å²) in [5.41, 5.74) is 1.42. The molecule has 1 unspecified atom stereocenters. The molecule has 3 aromatic carbocycles. The molecule has 0 aliphatic rings. The van der Waals surface area contributed by atoms with E-state index in [1.807, 2.05) is 0 Å². The highest BCUT2D eigenvalue weighted by Gasteiger charge is 2.14. The van der Waals surface area contributed by atoms with Gasteiger partial charge < -0.3 is 37.8 Å². The Labute approximate surface area is 205 Å². The average molecular weight is 535 g/mol. The van der Waals surface area contributed by atoms with Crippen molar-refractivity contribution in [1.82, 2.24) is 0 Å². The second-order valence-electron chi connectivity index (χ2n) is 7.49. The molecule has 192 valence electrons. The number of nitro groups is 1. The van der Waals surface area contributed by atoms with Crippen LogP contribution in [0.1, 0.15) is 0 Å². The Balaban J connectivity index is 1.77. The van der Waals surface area contributed by atoms with Crippen molar-refractivity contribution >= 4 is 48.9 Å². The Morgan fingerprint density at radius 3 is 2.06 bits per heavy atom. The molecule has 0 aliphatic carbocycles. The smallest absolute Gasteiger partial charge is 0.277 e. The molecular weight excluding hydrogens is 514 g/mol. The highest BCUT2D eigenvalue weighted by Crippen LogP contribution is 2.34. The van der Waals surface area contributed by atoms with Crippen molar-refractivity contribution in [2.24, 2.45) is 10.2 Å². The summed E-state index contributed by atoms with van der Waals surface area (Å²) in [7, 11) is -9.11. The van der Waals surface area contributed by atoms with Gasteiger partial charge in [-0.1, -0.05) is 18.2 Å². The van der Waals surface area contributed by atoms with Gasteiger partial charge in [-0.15, -0.1) is 5.11 Å². The molecule has 0 amide bonds. The fraction of sp³-hybridized carbons (Fsp3) is 0.238. The van der Waals surface area contributed by atoms with Crippen molar-refractivity contribution < 1.29 is 37.8 Å². The standard InChI is InChI=1S/C21H24N4O9P2/c1-35(28,29)33-14-12-24(13-15-34-36(30,31)32)17-8-6-16(7-9-17)22-23-20-10-11-21(25(26)27)19-5-3-2-4-18(19)20/h2-11H,12-15H2,1H3,(H,28,29)(H2,30,31,32)/p-3. The lowest BCUT2D eigenvalue weighted by Crippen LogP contribution is -2.32. The van der Waals surface area contributed by atoms with Crippen LogP contribution in [0.15, 0.2) is 70.9 Å². The maximum absolute atomic E-state index is 11.3. The van der Waals surface area contributed by atoms with Crippen LogP contribution in [-0.2, 0) is 18.2 Å². The number of rotatable bonds is 12. The molecule has 0 aliphatic heterocycles. The normalized spacial score (nSPS) is 13.7. The number of non-ortho nitro benzene ring substituents is 1. The first-order valence-electron chi connectivity index (χ1n) is 10.5. The van der Waals surface area contributed by atoms with E-state index in [2.05, 4.69) is 14.8 Å². The Morgan fingerprint density at radius 2 is 1.47 bits per heavy atom. The van der Waals surface area contributed by atoms with Crippen LogP contribution in [0.3, 0.4) is 0 Å². The van der Waals surface area contributed by atoms with Crippen molar-refractivity contribution in [3.63, 3.8) is 0 Å². The monoisotopic (exact) mass is 535 g/mol. The van der Waals surface area contributed by atoms with Gasteiger partial charge in [0.15, 0.2) is 0 Å². The summed E-state index contributed by atoms with van der Waals surface area (Å²) in [5, 5.41) is 20.7. The molecule has 0 spiro atoms. The van der Waals surface area contributed by atoms with E-state index in [1.54, 1.807) is 53.4 Å². The molecule has 0 heterocycles. The quantitative estimate of drug-likeness (QED) is 0.144. The first kappa shape index (κ1) is 27.6. The SMILES string of the molecule is CP(=O)([O-])OCCN(CCOP(=O)([O-])[O-])c1ccc(N=Nc2ccc([N+](=O)[O-])c3ccccc23)cc1. The Hall–Kier alpha value is -3.02. The van der Waals surface area contributed by atoms with Gasteiger partial charge >= 0.3 is 0 Å². The van der Waals surface area contributed by atoms with E-state index < -0.39 is 26.9 Å². The molecule has 13 nitrogen and oxygen atoms in total. The number of hydrogen-bond donors (Lipinski definition) is 0. The van der Waals surface area contributed by atoms with Crippen LogP contribution in [0, 0.1) is 10.1 Å². The van der Waals surface area contributed by atoms with Crippen molar-refractivity contribution in [2.45, 2.75) is 0 Å². The lowest BCUT2D eigenvalue weighted by Gasteiger charge is -2.31. The molecule has 3 aromatic rings. The van der Waals surface area contributed by atoms with Crippen LogP contribution in [0.2, 0.25) is 0 Å². The number of nitro benzene ring substituents is 1. The topological polar surface area (TPSA) is 193 Å². The molecule has 0 N–H and O–H groups in total. The minimum absolute atomic E-state index is 0.0274. The molecule has 15 heteroatoms. The number of phosphoric ester groups is 1. The number of azo groups is 1. The molecule has 0 bridgehead atoms. The fourth-order valence-corrected chi connectivity index (χ4v) is 4.02. The second-order valence-corrected chi connectivity index (χ2v) is 10.4. The lowest BCUT2D eigenvalue weighted by molar-refractivity contribution is -0.383. The van der Waals surface area contributed by atoms with Crippen molar-refractivity contribution in [2.75, 3.05) is 37.9 Å². The van der Waals surface area contributed by atoms with Crippen LogP contribution >= 0.6 is 15.4 Å². The number of phosphoric acid groups is 1. The lowest BCUT2D eigenvalue weighted by atomic mass is 10.1. The van der Waals surface area contributed by atoms with E-state index in [0.29, 0.717) is 27.8 Å². The molecule has 0 fully saturated rings.